The first-order chi connectivity index (χ1) is 7.42. The van der Waals surface area contributed by atoms with Gasteiger partial charge >= 0.3 is 5.97 Å². The average Bonchev–Trinajstić information content (AvgIpc) is 2.50. The van der Waals surface area contributed by atoms with Gasteiger partial charge in [-0.3, -0.25) is 4.79 Å². The molecular weight excluding hydrogens is 250 g/mol. The normalized spacial score (nSPS) is 19.1. The number of esters is 1. The summed E-state index contributed by atoms with van der Waals surface area (Å²) < 4.78 is 27.0. The van der Waals surface area contributed by atoms with Gasteiger partial charge in [0.05, 0.1) is 17.0 Å². The Morgan fingerprint density at radius 2 is 2.31 bits per heavy atom. The molecular formula is C9H15NO4S2. The van der Waals surface area contributed by atoms with Crippen molar-refractivity contribution in [3.63, 3.8) is 0 Å². The summed E-state index contributed by atoms with van der Waals surface area (Å²) in [5, 5.41) is 1.82. The van der Waals surface area contributed by atoms with Crippen molar-refractivity contribution in [2.75, 3.05) is 31.7 Å². The SMILES string of the molecule is CCOC(=O)CN1CCS/C1=C\S(C)(=O)=O. The van der Waals surface area contributed by atoms with E-state index in [1.165, 1.54) is 17.2 Å². The molecule has 0 aromatic rings. The summed E-state index contributed by atoms with van der Waals surface area (Å²) in [6, 6.07) is 0. The first-order valence-corrected chi connectivity index (χ1v) is 7.81. The minimum atomic E-state index is -3.17. The molecule has 0 atom stereocenters. The van der Waals surface area contributed by atoms with Gasteiger partial charge in [0, 0.05) is 18.6 Å². The zero-order chi connectivity index (χ0) is 12.2. The fraction of sp³-hybridized carbons (Fsp3) is 0.667. The van der Waals surface area contributed by atoms with Crippen LogP contribution in [0.3, 0.4) is 0 Å². The van der Waals surface area contributed by atoms with E-state index in [-0.39, 0.29) is 12.5 Å². The molecule has 0 aromatic carbocycles. The predicted molar refractivity (Wildman–Crippen MR) is 63.6 cm³/mol. The zero-order valence-electron chi connectivity index (χ0n) is 9.30. The summed E-state index contributed by atoms with van der Waals surface area (Å²) in [7, 11) is -3.17. The lowest BCUT2D eigenvalue weighted by Gasteiger charge is -2.17. The number of nitrogens with zero attached hydrogens (tertiary/aromatic N) is 1. The third kappa shape index (κ3) is 4.44. The van der Waals surface area contributed by atoms with E-state index >= 15 is 0 Å². The van der Waals surface area contributed by atoms with E-state index in [0.29, 0.717) is 18.2 Å². The van der Waals surface area contributed by atoms with E-state index in [1.807, 2.05) is 0 Å². The molecule has 1 aliphatic rings. The number of thioether (sulfide) groups is 1. The van der Waals surface area contributed by atoms with E-state index in [1.54, 1.807) is 11.8 Å². The molecule has 0 spiro atoms. The Morgan fingerprint density at radius 3 is 2.88 bits per heavy atom. The third-order valence-electron chi connectivity index (χ3n) is 1.86. The summed E-state index contributed by atoms with van der Waals surface area (Å²) >= 11 is 1.44. The molecule has 0 unspecified atom stereocenters. The molecule has 0 bridgehead atoms. The Hall–Kier alpha value is -0.690. The fourth-order valence-electron chi connectivity index (χ4n) is 1.27. The van der Waals surface area contributed by atoms with Gasteiger partial charge in [0.1, 0.15) is 6.54 Å². The van der Waals surface area contributed by atoms with Crippen LogP contribution < -0.4 is 0 Å². The molecule has 0 aromatic heterocycles. The van der Waals surface area contributed by atoms with Gasteiger partial charge in [0.2, 0.25) is 0 Å². The van der Waals surface area contributed by atoms with Crippen LogP contribution >= 0.6 is 11.8 Å². The van der Waals surface area contributed by atoms with Crippen LogP contribution in [0.1, 0.15) is 6.92 Å². The molecule has 16 heavy (non-hydrogen) atoms. The van der Waals surface area contributed by atoms with Crippen LogP contribution in [0, 0.1) is 0 Å². The molecule has 7 heteroatoms. The topological polar surface area (TPSA) is 63.7 Å². The molecule has 1 fully saturated rings. The predicted octanol–water partition coefficient (Wildman–Crippen LogP) is 0.442. The van der Waals surface area contributed by atoms with Crippen LogP contribution in [0.25, 0.3) is 0 Å². The van der Waals surface area contributed by atoms with Gasteiger partial charge in [-0.1, -0.05) is 0 Å². The summed E-state index contributed by atoms with van der Waals surface area (Å²) in [5.41, 5.74) is 0. The Morgan fingerprint density at radius 1 is 1.62 bits per heavy atom. The van der Waals surface area contributed by atoms with Crippen LogP contribution in [0.2, 0.25) is 0 Å². The summed E-state index contributed by atoms with van der Waals surface area (Å²) in [6.45, 7) is 2.86. The van der Waals surface area contributed by atoms with Crippen molar-refractivity contribution < 1.29 is 17.9 Å². The average molecular weight is 265 g/mol. The molecule has 5 nitrogen and oxygen atoms in total. The Bertz CT molecular complexity index is 388. The van der Waals surface area contributed by atoms with Crippen LogP contribution in [0.5, 0.6) is 0 Å². The number of ether oxygens (including phenoxy) is 1. The Balaban J connectivity index is 2.67. The molecule has 0 aliphatic carbocycles. The summed E-state index contributed by atoms with van der Waals surface area (Å²) in [6.07, 6.45) is 1.14. The smallest absolute Gasteiger partial charge is 0.325 e. The van der Waals surface area contributed by atoms with E-state index in [2.05, 4.69) is 0 Å². The second-order valence-electron chi connectivity index (χ2n) is 3.36. The number of hydrogen-bond acceptors (Lipinski definition) is 6. The van der Waals surface area contributed by atoms with Gasteiger partial charge in [0.25, 0.3) is 0 Å². The van der Waals surface area contributed by atoms with E-state index in [0.717, 1.165) is 12.0 Å². The number of sulfone groups is 1. The number of hydrogen-bond donors (Lipinski definition) is 0. The van der Waals surface area contributed by atoms with Gasteiger partial charge in [-0.25, -0.2) is 8.42 Å². The lowest BCUT2D eigenvalue weighted by Crippen LogP contribution is -2.27. The monoisotopic (exact) mass is 265 g/mol. The lowest BCUT2D eigenvalue weighted by molar-refractivity contribution is -0.143. The molecule has 0 amide bonds. The highest BCUT2D eigenvalue weighted by Gasteiger charge is 2.22. The van der Waals surface area contributed by atoms with Crippen LogP contribution in [-0.2, 0) is 19.4 Å². The molecule has 92 valence electrons. The van der Waals surface area contributed by atoms with Gasteiger partial charge in [-0.2, -0.15) is 0 Å². The van der Waals surface area contributed by atoms with E-state index in [4.69, 9.17) is 4.74 Å². The van der Waals surface area contributed by atoms with Crippen LogP contribution in [0.4, 0.5) is 0 Å². The first kappa shape index (κ1) is 13.4. The maximum atomic E-state index is 11.3. The highest BCUT2D eigenvalue weighted by Crippen LogP contribution is 2.27. The number of carbonyl (C=O) groups excluding carboxylic acids is 1. The first-order valence-electron chi connectivity index (χ1n) is 4.87. The van der Waals surface area contributed by atoms with Crippen molar-refractivity contribution >= 4 is 27.6 Å². The minimum Gasteiger partial charge on any atom is -0.465 e. The quantitative estimate of drug-likeness (QED) is 0.687. The van der Waals surface area contributed by atoms with E-state index in [9.17, 15) is 13.2 Å². The summed E-state index contributed by atoms with van der Waals surface area (Å²) in [4.78, 5) is 13.0. The van der Waals surface area contributed by atoms with E-state index < -0.39 is 9.84 Å². The maximum absolute atomic E-state index is 11.3. The van der Waals surface area contributed by atoms with Gasteiger partial charge in [-0.15, -0.1) is 11.8 Å². The molecule has 1 rings (SSSR count). The molecule has 1 heterocycles. The standard InChI is InChI=1S/C9H15NO4S2/c1-3-14-9(11)6-10-4-5-15-8(10)7-16(2,12)13/h7H,3-6H2,1-2H3/b8-7-. The second-order valence-corrected chi connectivity index (χ2v) is 6.37. The van der Waals surface area contributed by atoms with Gasteiger partial charge in [-0.05, 0) is 6.92 Å². The van der Waals surface area contributed by atoms with Crippen molar-refractivity contribution in [2.45, 2.75) is 6.92 Å². The molecule has 1 aliphatic heterocycles. The molecule has 0 radical (unpaired) electrons. The minimum absolute atomic E-state index is 0.113. The van der Waals surface area contributed by atoms with Crippen molar-refractivity contribution in [2.24, 2.45) is 0 Å². The van der Waals surface area contributed by atoms with Crippen LogP contribution in [0.15, 0.2) is 10.4 Å². The third-order valence-corrected chi connectivity index (χ3v) is 3.72. The van der Waals surface area contributed by atoms with Crippen molar-refractivity contribution in [1.29, 1.82) is 0 Å². The molecule has 1 saturated heterocycles. The second kappa shape index (κ2) is 5.58. The van der Waals surface area contributed by atoms with Crippen LogP contribution in [-0.4, -0.2) is 51.0 Å². The number of rotatable bonds is 4. The van der Waals surface area contributed by atoms with Gasteiger partial charge in [0.15, 0.2) is 9.84 Å². The largest absolute Gasteiger partial charge is 0.465 e. The highest BCUT2D eigenvalue weighted by atomic mass is 32.2. The Kier molecular flexibility index (Phi) is 4.67. The molecule has 0 saturated carbocycles. The summed E-state index contributed by atoms with van der Waals surface area (Å²) in [5.74, 6) is 0.463. The fourth-order valence-corrected chi connectivity index (χ4v) is 3.44. The molecule has 0 N–H and O–H groups in total. The van der Waals surface area contributed by atoms with Crippen molar-refractivity contribution in [3.8, 4) is 0 Å². The lowest BCUT2D eigenvalue weighted by atomic mass is 10.5. The maximum Gasteiger partial charge on any atom is 0.325 e. The highest BCUT2D eigenvalue weighted by molar-refractivity contribution is 8.04. The zero-order valence-corrected chi connectivity index (χ0v) is 10.9. The number of carbonyl (C=O) groups is 1. The Labute approximate surface area is 99.7 Å². The van der Waals surface area contributed by atoms with Crippen molar-refractivity contribution in [1.82, 2.24) is 4.90 Å². The van der Waals surface area contributed by atoms with Crippen molar-refractivity contribution in [3.05, 3.63) is 10.4 Å². The van der Waals surface area contributed by atoms with Gasteiger partial charge < -0.3 is 9.64 Å².